The number of aromatic amines is 1. The molecule has 0 saturated carbocycles. The summed E-state index contributed by atoms with van der Waals surface area (Å²) in [7, 11) is 0. The first-order valence-corrected chi connectivity index (χ1v) is 9.69. The van der Waals surface area contributed by atoms with Crippen molar-refractivity contribution in [2.24, 2.45) is 5.92 Å². The number of benzene rings is 1. The standard InChI is InChI=1S/C20H15BrN6O2/c21-10-3-4-13-11(6-10)15(19(28)25-13)14-12(7-22)18(23)29-20-16(14)17(26-27-20)9-2-1-5-24-8-9/h1-6,8,16-17,20,23,25-28H. The normalized spacial score (nSPS) is 23.7. The summed E-state index contributed by atoms with van der Waals surface area (Å²) in [4.78, 5) is 7.17. The number of aromatic nitrogens is 2. The molecule has 2 aromatic heterocycles. The molecule has 3 unspecified atom stereocenters. The van der Waals surface area contributed by atoms with Gasteiger partial charge in [-0.05, 0) is 35.4 Å². The SMILES string of the molecule is N#CC1=C(c2c(O)[nH]c3ccc(Br)cc23)C2C(NNC2c2cccnc2)OC1=N. The molecule has 5 N–H and O–H groups in total. The molecule has 2 aliphatic heterocycles. The van der Waals surface area contributed by atoms with Crippen LogP contribution in [-0.2, 0) is 4.74 Å². The third kappa shape index (κ3) is 2.73. The lowest BCUT2D eigenvalue weighted by molar-refractivity contribution is 0.135. The Morgan fingerprint density at radius 3 is 2.90 bits per heavy atom. The number of H-pyrrole nitrogens is 1. The van der Waals surface area contributed by atoms with Crippen molar-refractivity contribution in [3.8, 4) is 11.9 Å². The molecule has 0 amide bonds. The Morgan fingerprint density at radius 2 is 2.14 bits per heavy atom. The van der Waals surface area contributed by atoms with Gasteiger partial charge in [-0.2, -0.15) is 5.26 Å². The Balaban J connectivity index is 1.78. The van der Waals surface area contributed by atoms with Crippen molar-refractivity contribution in [3.63, 3.8) is 0 Å². The Kier molecular flexibility index (Phi) is 4.13. The maximum absolute atomic E-state index is 10.8. The van der Waals surface area contributed by atoms with Crippen LogP contribution in [0.15, 0.2) is 52.8 Å². The number of nitrogens with one attached hydrogen (secondary N) is 4. The zero-order valence-electron chi connectivity index (χ0n) is 14.9. The van der Waals surface area contributed by atoms with Crippen molar-refractivity contribution < 1.29 is 9.84 Å². The van der Waals surface area contributed by atoms with Crippen LogP contribution in [0.25, 0.3) is 16.5 Å². The highest BCUT2D eigenvalue weighted by molar-refractivity contribution is 9.10. The summed E-state index contributed by atoms with van der Waals surface area (Å²) >= 11 is 3.47. The second kappa shape index (κ2) is 6.70. The molecule has 4 heterocycles. The second-order valence-corrected chi connectivity index (χ2v) is 7.80. The highest BCUT2D eigenvalue weighted by Gasteiger charge is 2.47. The van der Waals surface area contributed by atoms with E-state index >= 15 is 0 Å². The lowest BCUT2D eigenvalue weighted by Gasteiger charge is -2.31. The lowest BCUT2D eigenvalue weighted by Crippen LogP contribution is -2.39. The van der Waals surface area contributed by atoms with Gasteiger partial charge in [0.15, 0.2) is 12.1 Å². The van der Waals surface area contributed by atoms with Gasteiger partial charge in [-0.25, -0.2) is 10.9 Å². The fourth-order valence-corrected chi connectivity index (χ4v) is 4.46. The van der Waals surface area contributed by atoms with Gasteiger partial charge >= 0.3 is 0 Å². The fourth-order valence-electron chi connectivity index (χ4n) is 4.10. The van der Waals surface area contributed by atoms with Crippen LogP contribution in [0.1, 0.15) is 17.2 Å². The van der Waals surface area contributed by atoms with E-state index in [0.717, 1.165) is 20.9 Å². The summed E-state index contributed by atoms with van der Waals surface area (Å²) in [5.41, 5.74) is 9.05. The summed E-state index contributed by atoms with van der Waals surface area (Å²) in [5, 5.41) is 29.6. The highest BCUT2D eigenvalue weighted by atomic mass is 79.9. The van der Waals surface area contributed by atoms with Crippen molar-refractivity contribution >= 4 is 38.3 Å². The molecule has 9 heteroatoms. The van der Waals surface area contributed by atoms with Crippen molar-refractivity contribution in [1.29, 1.82) is 10.7 Å². The topological polar surface area (TPSA) is 130 Å². The molecular weight excluding hydrogens is 436 g/mol. The predicted octanol–water partition coefficient (Wildman–Crippen LogP) is 3.11. The number of hydrogen-bond donors (Lipinski definition) is 5. The molecule has 1 saturated heterocycles. The smallest absolute Gasteiger partial charge is 0.226 e. The highest BCUT2D eigenvalue weighted by Crippen LogP contribution is 2.48. The number of aromatic hydroxyl groups is 1. The van der Waals surface area contributed by atoms with Gasteiger partial charge in [0.25, 0.3) is 0 Å². The molecule has 8 nitrogen and oxygen atoms in total. The Hall–Kier alpha value is -3.19. The molecule has 2 aliphatic rings. The first-order valence-electron chi connectivity index (χ1n) is 8.90. The van der Waals surface area contributed by atoms with Gasteiger partial charge in [0.1, 0.15) is 11.6 Å². The monoisotopic (exact) mass is 450 g/mol. The Morgan fingerprint density at radius 1 is 1.28 bits per heavy atom. The van der Waals surface area contributed by atoms with E-state index < -0.39 is 6.23 Å². The summed E-state index contributed by atoms with van der Waals surface area (Å²) in [6.45, 7) is 0. The molecule has 3 aromatic rings. The lowest BCUT2D eigenvalue weighted by atomic mass is 9.80. The van der Waals surface area contributed by atoms with E-state index in [1.54, 1.807) is 12.4 Å². The number of rotatable bonds is 2. The summed E-state index contributed by atoms with van der Waals surface area (Å²) in [6, 6.07) is 11.2. The van der Waals surface area contributed by atoms with Gasteiger partial charge in [-0.3, -0.25) is 10.4 Å². The zero-order valence-corrected chi connectivity index (χ0v) is 16.5. The van der Waals surface area contributed by atoms with Crippen LogP contribution in [-0.4, -0.2) is 27.2 Å². The average molecular weight is 451 g/mol. The van der Waals surface area contributed by atoms with Crippen molar-refractivity contribution in [3.05, 3.63) is 63.9 Å². The zero-order chi connectivity index (χ0) is 20.1. The maximum Gasteiger partial charge on any atom is 0.226 e. The number of pyridine rings is 1. The van der Waals surface area contributed by atoms with Gasteiger partial charge in [-0.1, -0.05) is 22.0 Å². The fraction of sp³-hybridized carbons (Fsp3) is 0.150. The molecule has 29 heavy (non-hydrogen) atoms. The second-order valence-electron chi connectivity index (χ2n) is 6.89. The summed E-state index contributed by atoms with van der Waals surface area (Å²) in [6.07, 6.45) is 2.87. The van der Waals surface area contributed by atoms with E-state index in [-0.39, 0.29) is 29.3 Å². The molecule has 0 bridgehead atoms. The average Bonchev–Trinajstić information content (AvgIpc) is 3.27. The van der Waals surface area contributed by atoms with E-state index in [0.29, 0.717) is 11.1 Å². The quantitative estimate of drug-likeness (QED) is 0.407. The van der Waals surface area contributed by atoms with Crippen LogP contribution in [0.5, 0.6) is 5.88 Å². The van der Waals surface area contributed by atoms with Crippen molar-refractivity contribution in [1.82, 2.24) is 20.8 Å². The maximum atomic E-state index is 10.8. The molecule has 144 valence electrons. The number of nitriles is 1. The Bertz CT molecular complexity index is 1210. The minimum atomic E-state index is -0.573. The van der Waals surface area contributed by atoms with E-state index in [1.165, 1.54) is 0 Å². The van der Waals surface area contributed by atoms with Gasteiger partial charge in [0.2, 0.25) is 5.90 Å². The number of hydrogen-bond acceptors (Lipinski definition) is 7. The van der Waals surface area contributed by atoms with Crippen LogP contribution < -0.4 is 10.9 Å². The van der Waals surface area contributed by atoms with Gasteiger partial charge < -0.3 is 14.8 Å². The minimum Gasteiger partial charge on any atom is -0.494 e. The van der Waals surface area contributed by atoms with Gasteiger partial charge in [0.05, 0.1) is 12.0 Å². The van der Waals surface area contributed by atoms with E-state index in [1.807, 2.05) is 30.3 Å². The minimum absolute atomic E-state index is 0.0499. The van der Waals surface area contributed by atoms with Crippen LogP contribution in [0.4, 0.5) is 0 Å². The molecule has 1 fully saturated rings. The van der Waals surface area contributed by atoms with Crippen molar-refractivity contribution in [2.75, 3.05) is 0 Å². The number of hydrazine groups is 1. The molecular formula is C20H15BrN6O2. The van der Waals surface area contributed by atoms with Crippen LogP contribution in [0.3, 0.4) is 0 Å². The Labute approximate surface area is 173 Å². The third-order valence-electron chi connectivity index (χ3n) is 5.31. The number of fused-ring (bicyclic) bond motifs is 2. The first kappa shape index (κ1) is 17.9. The summed E-state index contributed by atoms with van der Waals surface area (Å²) in [5.74, 6) is -0.647. The molecule has 3 atom stereocenters. The van der Waals surface area contributed by atoms with Crippen LogP contribution >= 0.6 is 15.9 Å². The molecule has 5 rings (SSSR count). The first-order chi connectivity index (χ1) is 14.1. The van der Waals surface area contributed by atoms with Gasteiger partial charge in [-0.15, -0.1) is 0 Å². The van der Waals surface area contributed by atoms with Crippen LogP contribution in [0.2, 0.25) is 0 Å². The van der Waals surface area contributed by atoms with Crippen LogP contribution in [0, 0.1) is 22.7 Å². The molecule has 0 spiro atoms. The molecule has 0 aliphatic carbocycles. The van der Waals surface area contributed by atoms with Gasteiger partial charge in [0, 0.05) is 33.3 Å². The molecule has 0 radical (unpaired) electrons. The predicted molar refractivity (Wildman–Crippen MR) is 110 cm³/mol. The molecule has 1 aromatic carbocycles. The largest absolute Gasteiger partial charge is 0.494 e. The third-order valence-corrected chi connectivity index (χ3v) is 5.80. The van der Waals surface area contributed by atoms with E-state index in [9.17, 15) is 10.4 Å². The number of halogens is 1. The van der Waals surface area contributed by atoms with E-state index in [2.05, 4.69) is 42.8 Å². The van der Waals surface area contributed by atoms with E-state index in [4.69, 9.17) is 10.1 Å². The van der Waals surface area contributed by atoms with Crippen molar-refractivity contribution in [2.45, 2.75) is 12.3 Å². The number of nitrogens with zero attached hydrogens (tertiary/aromatic N) is 2. The summed E-state index contributed by atoms with van der Waals surface area (Å²) < 4.78 is 6.52. The number of ether oxygens (including phenoxy) is 1.